The Morgan fingerprint density at radius 3 is 2.20 bits per heavy atom. The van der Waals surface area contributed by atoms with Crippen molar-refractivity contribution in [1.29, 1.82) is 0 Å². The molecule has 0 N–H and O–H groups in total. The van der Waals surface area contributed by atoms with Crippen molar-refractivity contribution in [3.63, 3.8) is 0 Å². The lowest BCUT2D eigenvalue weighted by Crippen LogP contribution is -2.41. The summed E-state index contributed by atoms with van der Waals surface area (Å²) in [7, 11) is 1.36. The lowest BCUT2D eigenvalue weighted by atomic mass is 9.80. The second kappa shape index (κ2) is 6.61. The molecule has 0 unspecified atom stereocenters. The Labute approximate surface area is 151 Å². The molecule has 0 atom stereocenters. The molecule has 0 saturated carbocycles. The molecule has 7 heteroatoms. The monoisotopic (exact) mass is 348 g/mol. The first-order valence-corrected chi connectivity index (χ1v) is 8.55. The summed E-state index contributed by atoms with van der Waals surface area (Å²) in [6, 6.07) is 3.76. The fraction of sp³-hybridized carbons (Fsp3) is 0.667. The molecule has 2 heterocycles. The van der Waals surface area contributed by atoms with Gasteiger partial charge in [-0.3, -0.25) is 4.79 Å². The number of nitrogens with zero attached hydrogens (tertiary/aromatic N) is 2. The predicted molar refractivity (Wildman–Crippen MR) is 99.1 cm³/mol. The van der Waals surface area contributed by atoms with Crippen molar-refractivity contribution in [2.45, 2.75) is 65.3 Å². The number of pyridine rings is 1. The number of anilines is 1. The minimum absolute atomic E-state index is 0.139. The zero-order chi connectivity index (χ0) is 19.0. The summed E-state index contributed by atoms with van der Waals surface area (Å²) < 4.78 is 17.4. The van der Waals surface area contributed by atoms with Gasteiger partial charge in [-0.05, 0) is 54.5 Å². The van der Waals surface area contributed by atoms with Crippen molar-refractivity contribution < 1.29 is 18.8 Å². The van der Waals surface area contributed by atoms with E-state index in [-0.39, 0.29) is 23.7 Å². The highest BCUT2D eigenvalue weighted by Gasteiger charge is 2.51. The van der Waals surface area contributed by atoms with Crippen molar-refractivity contribution in [1.82, 2.24) is 4.98 Å². The van der Waals surface area contributed by atoms with Crippen LogP contribution < -0.4 is 10.4 Å². The van der Waals surface area contributed by atoms with E-state index in [4.69, 9.17) is 14.0 Å². The number of ether oxygens (including phenoxy) is 1. The predicted octanol–water partition coefficient (Wildman–Crippen LogP) is 2.16. The quantitative estimate of drug-likeness (QED) is 0.614. The first-order chi connectivity index (χ1) is 11.3. The molecule has 1 aromatic rings. The van der Waals surface area contributed by atoms with E-state index in [0.29, 0.717) is 5.82 Å². The molecule has 1 fully saturated rings. The minimum Gasteiger partial charge on any atom is -0.459 e. The largest absolute Gasteiger partial charge is 0.496 e. The number of hydrogen-bond donors (Lipinski definition) is 0. The van der Waals surface area contributed by atoms with E-state index in [9.17, 15) is 4.79 Å². The average Bonchev–Trinajstić information content (AvgIpc) is 2.65. The van der Waals surface area contributed by atoms with Crippen molar-refractivity contribution in [3.8, 4) is 0 Å². The summed E-state index contributed by atoms with van der Waals surface area (Å²) >= 11 is 0. The van der Waals surface area contributed by atoms with Crippen LogP contribution in [-0.4, -0.2) is 48.5 Å². The maximum absolute atomic E-state index is 11.9. The van der Waals surface area contributed by atoms with Crippen LogP contribution >= 0.6 is 0 Å². The van der Waals surface area contributed by atoms with E-state index in [1.807, 2.05) is 60.6 Å². The van der Waals surface area contributed by atoms with Gasteiger partial charge >= 0.3 is 13.1 Å². The van der Waals surface area contributed by atoms with Gasteiger partial charge in [0.25, 0.3) is 0 Å². The van der Waals surface area contributed by atoms with Crippen molar-refractivity contribution in [2.24, 2.45) is 0 Å². The Bertz CT molecular complexity index is 607. The highest BCUT2D eigenvalue weighted by atomic mass is 16.7. The van der Waals surface area contributed by atoms with Gasteiger partial charge in [-0.2, -0.15) is 0 Å². The van der Waals surface area contributed by atoms with Crippen molar-refractivity contribution in [3.05, 3.63) is 18.3 Å². The van der Waals surface area contributed by atoms with Crippen LogP contribution in [0.15, 0.2) is 18.3 Å². The van der Waals surface area contributed by atoms with Crippen molar-refractivity contribution >= 4 is 24.4 Å². The first-order valence-electron chi connectivity index (χ1n) is 8.55. The summed E-state index contributed by atoms with van der Waals surface area (Å²) in [6.07, 6.45) is 1.73. The Morgan fingerprint density at radius 1 is 1.20 bits per heavy atom. The molecule has 0 spiro atoms. The summed E-state index contributed by atoms with van der Waals surface area (Å²) in [5.41, 5.74) is -0.410. The Morgan fingerprint density at radius 2 is 1.76 bits per heavy atom. The number of rotatable bonds is 4. The molecule has 1 saturated heterocycles. The normalized spacial score (nSPS) is 19.0. The fourth-order valence-corrected chi connectivity index (χ4v) is 2.39. The molecule has 6 nitrogen and oxygen atoms in total. The van der Waals surface area contributed by atoms with E-state index >= 15 is 0 Å². The standard InChI is InChI=1S/C18H29BN2O4/c1-16(2,3)23-15(22)12-21(8)14-10-9-13(11-20-14)19-24-17(4,5)18(6,7)25-19/h9-11H,12H2,1-8H3. The van der Waals surface area contributed by atoms with Crippen LogP contribution in [0.25, 0.3) is 0 Å². The number of esters is 1. The molecule has 138 valence electrons. The molecule has 25 heavy (non-hydrogen) atoms. The van der Waals surface area contributed by atoms with Gasteiger partial charge in [-0.1, -0.05) is 6.07 Å². The van der Waals surface area contributed by atoms with Gasteiger partial charge < -0.3 is 18.9 Å². The van der Waals surface area contributed by atoms with Crippen LogP contribution in [0.5, 0.6) is 0 Å². The molecule has 1 aromatic heterocycles. The van der Waals surface area contributed by atoms with Crippen LogP contribution in [0.1, 0.15) is 48.5 Å². The lowest BCUT2D eigenvalue weighted by Gasteiger charge is -2.32. The smallest absolute Gasteiger partial charge is 0.459 e. The fourth-order valence-electron chi connectivity index (χ4n) is 2.39. The summed E-state index contributed by atoms with van der Waals surface area (Å²) in [5, 5.41) is 0. The molecular formula is C18H29BN2O4. The number of carbonyl (C=O) groups is 1. The highest BCUT2D eigenvalue weighted by molar-refractivity contribution is 6.62. The molecule has 1 aliphatic heterocycles. The molecule has 0 bridgehead atoms. The third kappa shape index (κ3) is 4.73. The molecule has 0 amide bonds. The van der Waals surface area contributed by atoms with Crippen LogP contribution in [0.4, 0.5) is 5.82 Å². The zero-order valence-electron chi connectivity index (χ0n) is 16.5. The first kappa shape index (κ1) is 19.7. The second-order valence-electron chi connectivity index (χ2n) is 8.48. The van der Waals surface area contributed by atoms with Gasteiger partial charge in [-0.25, -0.2) is 4.98 Å². The molecule has 0 aromatic carbocycles. The Kier molecular flexibility index (Phi) is 5.22. The van der Waals surface area contributed by atoms with E-state index < -0.39 is 12.7 Å². The van der Waals surface area contributed by atoms with Crippen LogP contribution in [-0.2, 0) is 18.8 Å². The summed E-state index contributed by atoms with van der Waals surface area (Å²) in [5.74, 6) is 0.401. The molecule has 0 aliphatic carbocycles. The number of likely N-dealkylation sites (N-methyl/N-ethyl adjacent to an activating group) is 1. The molecule has 1 aliphatic rings. The maximum Gasteiger partial charge on any atom is 0.496 e. The SMILES string of the molecule is CN(CC(=O)OC(C)(C)C)c1ccc(B2OC(C)(C)C(C)(C)O2)cn1. The topological polar surface area (TPSA) is 60.9 Å². The second-order valence-corrected chi connectivity index (χ2v) is 8.48. The van der Waals surface area contributed by atoms with E-state index in [1.54, 1.807) is 18.1 Å². The van der Waals surface area contributed by atoms with Gasteiger partial charge in [0.15, 0.2) is 0 Å². The van der Waals surface area contributed by atoms with Gasteiger partial charge in [0, 0.05) is 18.7 Å². The minimum atomic E-state index is -0.494. The van der Waals surface area contributed by atoms with E-state index in [2.05, 4.69) is 4.98 Å². The number of aromatic nitrogens is 1. The van der Waals surface area contributed by atoms with Crippen LogP contribution in [0.2, 0.25) is 0 Å². The van der Waals surface area contributed by atoms with Gasteiger partial charge in [0.1, 0.15) is 18.0 Å². The van der Waals surface area contributed by atoms with Crippen molar-refractivity contribution in [2.75, 3.05) is 18.5 Å². The zero-order valence-corrected chi connectivity index (χ0v) is 16.5. The maximum atomic E-state index is 11.9. The van der Waals surface area contributed by atoms with Crippen LogP contribution in [0.3, 0.4) is 0 Å². The summed E-state index contributed by atoms with van der Waals surface area (Å²) in [6.45, 7) is 13.8. The molecular weight excluding hydrogens is 319 g/mol. The lowest BCUT2D eigenvalue weighted by molar-refractivity contribution is -0.152. The third-order valence-corrected chi connectivity index (χ3v) is 4.47. The highest BCUT2D eigenvalue weighted by Crippen LogP contribution is 2.36. The van der Waals surface area contributed by atoms with E-state index in [0.717, 1.165) is 5.46 Å². The van der Waals surface area contributed by atoms with Gasteiger partial charge in [-0.15, -0.1) is 0 Å². The van der Waals surface area contributed by atoms with Crippen LogP contribution in [0, 0.1) is 0 Å². The van der Waals surface area contributed by atoms with Gasteiger partial charge in [0.05, 0.1) is 11.2 Å². The Hall–Kier alpha value is -1.60. The van der Waals surface area contributed by atoms with E-state index in [1.165, 1.54) is 0 Å². The molecule has 2 rings (SSSR count). The number of carbonyl (C=O) groups excluding carboxylic acids is 1. The molecule has 0 radical (unpaired) electrons. The Balaban J connectivity index is 2.02. The van der Waals surface area contributed by atoms with Gasteiger partial charge in [0.2, 0.25) is 0 Å². The third-order valence-electron chi connectivity index (χ3n) is 4.47. The number of hydrogen-bond acceptors (Lipinski definition) is 6. The average molecular weight is 348 g/mol. The summed E-state index contributed by atoms with van der Waals surface area (Å²) in [4.78, 5) is 18.1.